The predicted molar refractivity (Wildman–Crippen MR) is 109 cm³/mol. The van der Waals surface area contributed by atoms with Crippen LogP contribution in [0.25, 0.3) is 5.69 Å². The number of nitro benzene ring substituents is 1. The number of aromatic nitrogens is 2. The molecule has 0 amide bonds. The summed E-state index contributed by atoms with van der Waals surface area (Å²) in [6, 6.07) is 10.2. The molecular formula is C21H19N3O7. The van der Waals surface area contributed by atoms with Crippen LogP contribution < -0.4 is 9.47 Å². The minimum Gasteiger partial charge on any atom is -0.496 e. The quantitative estimate of drug-likeness (QED) is 0.244. The monoisotopic (exact) mass is 425 g/mol. The van der Waals surface area contributed by atoms with Crippen LogP contribution >= 0.6 is 0 Å². The van der Waals surface area contributed by atoms with Gasteiger partial charge in [-0.25, -0.2) is 14.3 Å². The number of rotatable bonds is 7. The van der Waals surface area contributed by atoms with Crippen LogP contribution in [0.3, 0.4) is 0 Å². The average Bonchev–Trinajstić information content (AvgIpc) is 3.15. The summed E-state index contributed by atoms with van der Waals surface area (Å²) in [6.45, 7) is 3.70. The number of hydrogen-bond acceptors (Lipinski definition) is 8. The molecule has 0 saturated carbocycles. The van der Waals surface area contributed by atoms with E-state index >= 15 is 0 Å². The van der Waals surface area contributed by atoms with Gasteiger partial charge in [-0.2, -0.15) is 5.10 Å². The molecule has 3 aromatic rings. The van der Waals surface area contributed by atoms with E-state index in [2.05, 4.69) is 5.10 Å². The second-order valence-corrected chi connectivity index (χ2v) is 6.30. The highest BCUT2D eigenvalue weighted by molar-refractivity contribution is 5.92. The Kier molecular flexibility index (Phi) is 6.29. The summed E-state index contributed by atoms with van der Waals surface area (Å²) >= 11 is 0. The molecule has 31 heavy (non-hydrogen) atoms. The van der Waals surface area contributed by atoms with E-state index in [9.17, 15) is 19.7 Å². The number of nitrogens with zero attached hydrogens (tertiary/aromatic N) is 3. The Morgan fingerprint density at radius 1 is 1.13 bits per heavy atom. The van der Waals surface area contributed by atoms with Gasteiger partial charge in [0.2, 0.25) is 5.75 Å². The van der Waals surface area contributed by atoms with Gasteiger partial charge < -0.3 is 14.2 Å². The van der Waals surface area contributed by atoms with Gasteiger partial charge in [0.05, 0.1) is 47.8 Å². The molecule has 0 unspecified atom stereocenters. The lowest BCUT2D eigenvalue weighted by Gasteiger charge is -2.08. The summed E-state index contributed by atoms with van der Waals surface area (Å²) in [5, 5.41) is 15.4. The van der Waals surface area contributed by atoms with E-state index in [4.69, 9.17) is 14.2 Å². The van der Waals surface area contributed by atoms with Crippen LogP contribution in [0.15, 0.2) is 48.7 Å². The first-order chi connectivity index (χ1) is 14.8. The maximum Gasteiger partial charge on any atom is 0.343 e. The van der Waals surface area contributed by atoms with Crippen LogP contribution in [-0.2, 0) is 4.74 Å². The molecule has 2 aromatic carbocycles. The standard InChI is InChI=1S/C21H19N3O7/c1-4-30-21(26)17-12-22-23(13(17)2)15-7-5-14(6-8-15)20(25)31-19-10-9-16(29-3)11-18(19)24(27)28/h5-12H,4H2,1-3H3. The molecule has 0 aliphatic heterocycles. The van der Waals surface area contributed by atoms with Gasteiger partial charge >= 0.3 is 17.6 Å². The number of methoxy groups -OCH3 is 1. The summed E-state index contributed by atoms with van der Waals surface area (Å²) in [7, 11) is 1.38. The number of hydrogen-bond donors (Lipinski definition) is 0. The Morgan fingerprint density at radius 3 is 2.45 bits per heavy atom. The Labute approximate surface area is 177 Å². The van der Waals surface area contributed by atoms with Gasteiger partial charge in [-0.3, -0.25) is 10.1 Å². The zero-order valence-corrected chi connectivity index (χ0v) is 17.0. The summed E-state index contributed by atoms with van der Waals surface area (Å²) in [5.41, 5.74) is 1.34. The van der Waals surface area contributed by atoms with Crippen LogP contribution in [0.4, 0.5) is 5.69 Å². The van der Waals surface area contributed by atoms with E-state index in [1.165, 1.54) is 48.3 Å². The molecule has 1 heterocycles. The van der Waals surface area contributed by atoms with E-state index in [0.717, 1.165) is 0 Å². The number of carbonyl (C=O) groups excluding carboxylic acids is 2. The lowest BCUT2D eigenvalue weighted by Crippen LogP contribution is -2.10. The summed E-state index contributed by atoms with van der Waals surface area (Å²) in [4.78, 5) is 35.0. The fourth-order valence-corrected chi connectivity index (χ4v) is 2.83. The van der Waals surface area contributed by atoms with Crippen molar-refractivity contribution in [2.75, 3.05) is 13.7 Å². The maximum atomic E-state index is 12.5. The third-order valence-electron chi connectivity index (χ3n) is 4.42. The van der Waals surface area contributed by atoms with Gasteiger partial charge in [-0.05, 0) is 50.2 Å². The van der Waals surface area contributed by atoms with E-state index in [1.54, 1.807) is 26.0 Å². The molecule has 3 rings (SSSR count). The molecule has 10 nitrogen and oxygen atoms in total. The molecule has 160 valence electrons. The molecule has 0 saturated heterocycles. The first kappa shape index (κ1) is 21.5. The van der Waals surface area contributed by atoms with Gasteiger partial charge in [0.25, 0.3) is 0 Å². The highest BCUT2D eigenvalue weighted by Crippen LogP contribution is 2.31. The van der Waals surface area contributed by atoms with E-state index < -0.39 is 16.9 Å². The zero-order chi connectivity index (χ0) is 22.5. The smallest absolute Gasteiger partial charge is 0.343 e. The third-order valence-corrected chi connectivity index (χ3v) is 4.42. The van der Waals surface area contributed by atoms with Crippen molar-refractivity contribution < 1.29 is 28.7 Å². The van der Waals surface area contributed by atoms with Gasteiger partial charge in [-0.15, -0.1) is 0 Å². The Hall–Kier alpha value is -4.21. The molecule has 0 spiro atoms. The van der Waals surface area contributed by atoms with Crippen molar-refractivity contribution in [1.29, 1.82) is 0 Å². The van der Waals surface area contributed by atoms with Gasteiger partial charge in [0, 0.05) is 0 Å². The number of carbonyl (C=O) groups is 2. The van der Waals surface area contributed by atoms with Crippen molar-refractivity contribution in [2.24, 2.45) is 0 Å². The van der Waals surface area contributed by atoms with Gasteiger partial charge in [-0.1, -0.05) is 0 Å². The molecule has 0 atom stereocenters. The van der Waals surface area contributed by atoms with Crippen molar-refractivity contribution >= 4 is 17.6 Å². The minimum absolute atomic E-state index is 0.185. The molecular weight excluding hydrogens is 406 g/mol. The fraction of sp³-hybridized carbons (Fsp3) is 0.190. The Bertz CT molecular complexity index is 1140. The molecule has 0 fully saturated rings. The van der Waals surface area contributed by atoms with Crippen molar-refractivity contribution in [1.82, 2.24) is 9.78 Å². The molecule has 0 bridgehead atoms. The lowest BCUT2D eigenvalue weighted by atomic mass is 10.2. The molecule has 0 N–H and O–H groups in total. The lowest BCUT2D eigenvalue weighted by molar-refractivity contribution is -0.385. The topological polar surface area (TPSA) is 123 Å². The first-order valence-electron chi connectivity index (χ1n) is 9.22. The number of benzene rings is 2. The summed E-state index contributed by atoms with van der Waals surface area (Å²) < 4.78 is 16.7. The molecule has 1 aromatic heterocycles. The highest BCUT2D eigenvalue weighted by Gasteiger charge is 2.21. The Morgan fingerprint density at radius 2 is 1.84 bits per heavy atom. The SMILES string of the molecule is CCOC(=O)c1cnn(-c2ccc(C(=O)Oc3ccc(OC)cc3[N+](=O)[O-])cc2)c1C. The largest absolute Gasteiger partial charge is 0.496 e. The second-order valence-electron chi connectivity index (χ2n) is 6.30. The second kappa shape index (κ2) is 9.08. The summed E-state index contributed by atoms with van der Waals surface area (Å²) in [6.07, 6.45) is 1.41. The predicted octanol–water partition coefficient (Wildman–Crippen LogP) is 3.49. The van der Waals surface area contributed by atoms with Crippen LogP contribution in [0.2, 0.25) is 0 Å². The van der Waals surface area contributed by atoms with Crippen LogP contribution in [0.1, 0.15) is 33.3 Å². The van der Waals surface area contributed by atoms with E-state index in [1.807, 2.05) is 0 Å². The number of nitro groups is 1. The van der Waals surface area contributed by atoms with Crippen molar-refractivity contribution in [3.8, 4) is 17.2 Å². The van der Waals surface area contributed by atoms with Crippen molar-refractivity contribution in [2.45, 2.75) is 13.8 Å². The molecule has 10 heteroatoms. The third kappa shape index (κ3) is 4.53. The molecule has 0 radical (unpaired) electrons. The number of esters is 2. The van der Waals surface area contributed by atoms with Crippen LogP contribution in [0, 0.1) is 17.0 Å². The Balaban J connectivity index is 1.80. The van der Waals surface area contributed by atoms with Gasteiger partial charge in [0.15, 0.2) is 0 Å². The first-order valence-corrected chi connectivity index (χ1v) is 9.22. The summed E-state index contributed by atoms with van der Waals surface area (Å²) in [5.74, 6) is -1.15. The van der Waals surface area contributed by atoms with Crippen molar-refractivity contribution in [3.05, 3.63) is 75.6 Å². The van der Waals surface area contributed by atoms with Crippen LogP contribution in [0.5, 0.6) is 11.5 Å². The fourth-order valence-electron chi connectivity index (χ4n) is 2.83. The van der Waals surface area contributed by atoms with E-state index in [-0.39, 0.29) is 29.4 Å². The van der Waals surface area contributed by atoms with Crippen molar-refractivity contribution in [3.63, 3.8) is 0 Å². The average molecular weight is 425 g/mol. The minimum atomic E-state index is -0.760. The van der Waals surface area contributed by atoms with Crippen LogP contribution in [-0.4, -0.2) is 40.4 Å². The highest BCUT2D eigenvalue weighted by atomic mass is 16.6. The normalized spacial score (nSPS) is 10.4. The molecule has 0 aliphatic rings. The van der Waals surface area contributed by atoms with E-state index in [0.29, 0.717) is 16.9 Å². The number of ether oxygens (including phenoxy) is 3. The maximum absolute atomic E-state index is 12.5. The zero-order valence-electron chi connectivity index (χ0n) is 17.0. The van der Waals surface area contributed by atoms with Gasteiger partial charge in [0.1, 0.15) is 11.3 Å². The molecule has 0 aliphatic carbocycles.